The average molecular weight is 290 g/mol. The Labute approximate surface area is 127 Å². The van der Waals surface area contributed by atoms with Gasteiger partial charge in [0.15, 0.2) is 0 Å². The van der Waals surface area contributed by atoms with Crippen LogP contribution in [0.1, 0.15) is 36.3 Å². The first kappa shape index (κ1) is 15.8. The van der Waals surface area contributed by atoms with Crippen LogP contribution in [0.5, 0.6) is 0 Å². The van der Waals surface area contributed by atoms with E-state index in [0.29, 0.717) is 11.5 Å². The molecule has 2 rings (SSSR count). The van der Waals surface area contributed by atoms with Gasteiger partial charge in [-0.3, -0.25) is 9.78 Å². The van der Waals surface area contributed by atoms with E-state index in [1.54, 1.807) is 6.20 Å². The lowest BCUT2D eigenvalue weighted by Gasteiger charge is -2.35. The number of piperidine rings is 1. The molecule has 2 atom stereocenters. The fourth-order valence-corrected chi connectivity index (χ4v) is 2.89. The molecule has 0 bridgehead atoms. The predicted octanol–water partition coefficient (Wildman–Crippen LogP) is 1.89. The number of aromatic nitrogens is 1. The Morgan fingerprint density at radius 3 is 2.95 bits per heavy atom. The van der Waals surface area contributed by atoms with Gasteiger partial charge in [0.25, 0.3) is 5.91 Å². The Morgan fingerprint density at radius 2 is 2.29 bits per heavy atom. The number of carbonyl (C=O) groups is 1. The third kappa shape index (κ3) is 3.94. The van der Waals surface area contributed by atoms with E-state index in [-0.39, 0.29) is 11.9 Å². The van der Waals surface area contributed by atoms with Crippen LogP contribution < -0.4 is 10.6 Å². The number of hydrogen-bond donors (Lipinski definition) is 2. The number of nitrogens with zero attached hydrogens (tertiary/aromatic N) is 2. The second-order valence-electron chi connectivity index (χ2n) is 6.01. The molecule has 1 fully saturated rings. The van der Waals surface area contributed by atoms with Crippen molar-refractivity contribution >= 4 is 11.6 Å². The number of carbonyl (C=O) groups excluding carboxylic acids is 1. The normalized spacial score (nSPS) is 22.9. The minimum Gasteiger partial charge on any atom is -0.385 e. The van der Waals surface area contributed by atoms with Crippen molar-refractivity contribution in [1.82, 2.24) is 15.2 Å². The molecular weight excluding hydrogens is 264 g/mol. The monoisotopic (exact) mass is 290 g/mol. The SMILES string of the molecule is CCNc1cc(C)ncc1C(=O)NC1CCN(C)CC1C. The summed E-state index contributed by atoms with van der Waals surface area (Å²) in [4.78, 5) is 19.1. The van der Waals surface area contributed by atoms with Gasteiger partial charge in [0.2, 0.25) is 0 Å². The molecule has 1 aliphatic rings. The van der Waals surface area contributed by atoms with E-state index >= 15 is 0 Å². The fourth-order valence-electron chi connectivity index (χ4n) is 2.89. The zero-order valence-corrected chi connectivity index (χ0v) is 13.4. The van der Waals surface area contributed by atoms with Crippen LogP contribution in [-0.4, -0.2) is 48.5 Å². The van der Waals surface area contributed by atoms with Crippen LogP contribution in [0.4, 0.5) is 5.69 Å². The zero-order chi connectivity index (χ0) is 15.4. The van der Waals surface area contributed by atoms with Crippen molar-refractivity contribution < 1.29 is 4.79 Å². The van der Waals surface area contributed by atoms with Crippen LogP contribution in [0.2, 0.25) is 0 Å². The Balaban J connectivity index is 2.09. The molecule has 5 nitrogen and oxygen atoms in total. The summed E-state index contributed by atoms with van der Waals surface area (Å²) in [5, 5.41) is 6.42. The molecule has 116 valence electrons. The molecule has 2 unspecified atom stereocenters. The van der Waals surface area contributed by atoms with Crippen molar-refractivity contribution in [3.8, 4) is 0 Å². The van der Waals surface area contributed by atoms with E-state index in [2.05, 4.69) is 34.5 Å². The predicted molar refractivity (Wildman–Crippen MR) is 85.7 cm³/mol. The first-order chi connectivity index (χ1) is 10.0. The number of rotatable bonds is 4. The van der Waals surface area contributed by atoms with Crippen molar-refractivity contribution in [2.75, 3.05) is 32.0 Å². The molecule has 1 saturated heterocycles. The summed E-state index contributed by atoms with van der Waals surface area (Å²) in [5.41, 5.74) is 2.41. The second kappa shape index (κ2) is 6.89. The van der Waals surface area contributed by atoms with E-state index in [1.807, 2.05) is 19.9 Å². The van der Waals surface area contributed by atoms with E-state index in [4.69, 9.17) is 0 Å². The molecule has 2 heterocycles. The molecule has 1 amide bonds. The maximum absolute atomic E-state index is 12.5. The minimum absolute atomic E-state index is 0.0279. The molecule has 0 saturated carbocycles. The number of nitrogens with one attached hydrogen (secondary N) is 2. The van der Waals surface area contributed by atoms with Gasteiger partial charge in [0, 0.05) is 31.0 Å². The Hall–Kier alpha value is -1.62. The van der Waals surface area contributed by atoms with Gasteiger partial charge in [-0.2, -0.15) is 0 Å². The van der Waals surface area contributed by atoms with Gasteiger partial charge in [-0.05, 0) is 45.8 Å². The standard InChI is InChI=1S/C16H26N4O/c1-5-17-15-8-12(3)18-9-13(15)16(21)19-14-6-7-20(4)10-11(14)2/h8-9,11,14H,5-7,10H2,1-4H3,(H,17,18)(H,19,21). The van der Waals surface area contributed by atoms with Gasteiger partial charge in [-0.25, -0.2) is 0 Å². The number of hydrogen-bond acceptors (Lipinski definition) is 4. The molecule has 0 spiro atoms. The number of anilines is 1. The highest BCUT2D eigenvalue weighted by Gasteiger charge is 2.26. The van der Waals surface area contributed by atoms with Crippen molar-refractivity contribution in [3.63, 3.8) is 0 Å². The van der Waals surface area contributed by atoms with Crippen LogP contribution in [-0.2, 0) is 0 Å². The number of amides is 1. The molecule has 21 heavy (non-hydrogen) atoms. The third-order valence-electron chi connectivity index (χ3n) is 4.08. The summed E-state index contributed by atoms with van der Waals surface area (Å²) in [6.45, 7) is 8.99. The highest BCUT2D eigenvalue weighted by atomic mass is 16.1. The molecule has 0 aromatic carbocycles. The molecule has 0 radical (unpaired) electrons. The van der Waals surface area contributed by atoms with Crippen LogP contribution in [0.15, 0.2) is 12.3 Å². The summed E-state index contributed by atoms with van der Waals surface area (Å²) in [6, 6.07) is 2.17. The maximum Gasteiger partial charge on any atom is 0.255 e. The van der Waals surface area contributed by atoms with E-state index in [0.717, 1.165) is 37.4 Å². The summed E-state index contributed by atoms with van der Waals surface area (Å²) in [6.07, 6.45) is 2.67. The molecule has 5 heteroatoms. The maximum atomic E-state index is 12.5. The first-order valence-electron chi connectivity index (χ1n) is 7.71. The Kier molecular flexibility index (Phi) is 5.17. The number of aryl methyl sites for hydroxylation is 1. The van der Waals surface area contributed by atoms with Gasteiger partial charge < -0.3 is 15.5 Å². The van der Waals surface area contributed by atoms with Crippen LogP contribution in [0.25, 0.3) is 0 Å². The van der Waals surface area contributed by atoms with Crippen LogP contribution >= 0.6 is 0 Å². The molecule has 1 aliphatic heterocycles. The summed E-state index contributed by atoms with van der Waals surface area (Å²) in [5.74, 6) is 0.438. The van der Waals surface area contributed by atoms with Gasteiger partial charge in [0.1, 0.15) is 0 Å². The molecule has 1 aromatic heterocycles. The highest BCUT2D eigenvalue weighted by Crippen LogP contribution is 2.19. The van der Waals surface area contributed by atoms with Crippen molar-refractivity contribution in [3.05, 3.63) is 23.5 Å². The fraction of sp³-hybridized carbons (Fsp3) is 0.625. The Morgan fingerprint density at radius 1 is 1.52 bits per heavy atom. The lowest BCUT2D eigenvalue weighted by molar-refractivity contribution is 0.0884. The third-order valence-corrected chi connectivity index (χ3v) is 4.08. The molecule has 0 aliphatic carbocycles. The van der Waals surface area contributed by atoms with E-state index < -0.39 is 0 Å². The largest absolute Gasteiger partial charge is 0.385 e. The summed E-state index contributed by atoms with van der Waals surface area (Å²) >= 11 is 0. The topological polar surface area (TPSA) is 57.3 Å². The van der Waals surface area contributed by atoms with Crippen LogP contribution in [0.3, 0.4) is 0 Å². The zero-order valence-electron chi connectivity index (χ0n) is 13.4. The summed E-state index contributed by atoms with van der Waals surface area (Å²) < 4.78 is 0. The second-order valence-corrected chi connectivity index (χ2v) is 6.01. The van der Waals surface area contributed by atoms with Gasteiger partial charge >= 0.3 is 0 Å². The van der Waals surface area contributed by atoms with Crippen molar-refractivity contribution in [1.29, 1.82) is 0 Å². The lowest BCUT2D eigenvalue weighted by Crippen LogP contribution is -2.49. The van der Waals surface area contributed by atoms with Gasteiger partial charge in [-0.1, -0.05) is 6.92 Å². The first-order valence-corrected chi connectivity index (χ1v) is 7.71. The quantitative estimate of drug-likeness (QED) is 0.889. The van der Waals surface area contributed by atoms with E-state index in [9.17, 15) is 4.79 Å². The summed E-state index contributed by atoms with van der Waals surface area (Å²) in [7, 11) is 2.13. The lowest BCUT2D eigenvalue weighted by atomic mass is 9.94. The van der Waals surface area contributed by atoms with E-state index in [1.165, 1.54) is 0 Å². The Bertz CT molecular complexity index is 503. The average Bonchev–Trinajstić information content (AvgIpc) is 2.42. The van der Waals surface area contributed by atoms with Gasteiger partial charge in [0.05, 0.1) is 11.3 Å². The molecule has 2 N–H and O–H groups in total. The smallest absolute Gasteiger partial charge is 0.255 e. The number of likely N-dealkylation sites (tertiary alicyclic amines) is 1. The van der Waals surface area contributed by atoms with Gasteiger partial charge in [-0.15, -0.1) is 0 Å². The van der Waals surface area contributed by atoms with Crippen LogP contribution in [0, 0.1) is 12.8 Å². The van der Waals surface area contributed by atoms with Crippen molar-refractivity contribution in [2.24, 2.45) is 5.92 Å². The number of pyridine rings is 1. The minimum atomic E-state index is -0.0279. The van der Waals surface area contributed by atoms with Crippen molar-refractivity contribution in [2.45, 2.75) is 33.2 Å². The highest BCUT2D eigenvalue weighted by molar-refractivity contribution is 5.99. The molecular formula is C16H26N4O. The molecule has 1 aromatic rings.